The van der Waals surface area contributed by atoms with E-state index in [0.29, 0.717) is 26.2 Å². The first-order valence-electron chi connectivity index (χ1n) is 8.38. The van der Waals surface area contributed by atoms with E-state index in [-0.39, 0.29) is 11.9 Å². The van der Waals surface area contributed by atoms with Crippen molar-refractivity contribution in [2.75, 3.05) is 13.1 Å². The standard InChI is InChI=1S/C18H24N4O2/c1-14-6-9-21(13-17(14)23)18(24)19-11-15-4-2-5-16(10-15)12-22-8-3-7-20-22/h2-5,7-8,10,14,17,23H,6,9,11-13H2,1H3,(H,19,24). The Morgan fingerprint density at radius 1 is 1.38 bits per heavy atom. The molecule has 0 bridgehead atoms. The van der Waals surface area contributed by atoms with Crippen LogP contribution in [0.15, 0.2) is 42.7 Å². The van der Waals surface area contributed by atoms with Crippen LogP contribution in [0.3, 0.4) is 0 Å². The van der Waals surface area contributed by atoms with Gasteiger partial charge in [0.05, 0.1) is 12.6 Å². The van der Waals surface area contributed by atoms with E-state index in [1.165, 1.54) is 0 Å². The zero-order valence-corrected chi connectivity index (χ0v) is 13.9. The molecule has 0 spiro atoms. The second-order valence-corrected chi connectivity index (χ2v) is 6.46. The van der Waals surface area contributed by atoms with Gasteiger partial charge in [-0.05, 0) is 29.5 Å². The third kappa shape index (κ3) is 4.14. The first kappa shape index (κ1) is 16.5. The first-order chi connectivity index (χ1) is 11.6. The highest BCUT2D eigenvalue weighted by Gasteiger charge is 2.26. The molecule has 1 aromatic carbocycles. The molecule has 1 saturated heterocycles. The molecule has 0 radical (unpaired) electrons. The molecule has 2 heterocycles. The van der Waals surface area contributed by atoms with Gasteiger partial charge >= 0.3 is 6.03 Å². The second-order valence-electron chi connectivity index (χ2n) is 6.46. The van der Waals surface area contributed by atoms with Crippen LogP contribution in [0.1, 0.15) is 24.5 Å². The number of aliphatic hydroxyl groups is 1. The lowest BCUT2D eigenvalue weighted by Crippen LogP contribution is -2.49. The van der Waals surface area contributed by atoms with Crippen molar-refractivity contribution in [2.45, 2.75) is 32.5 Å². The molecule has 3 rings (SSSR count). The third-order valence-corrected chi connectivity index (χ3v) is 4.54. The van der Waals surface area contributed by atoms with Crippen molar-refractivity contribution < 1.29 is 9.90 Å². The second kappa shape index (κ2) is 7.49. The van der Waals surface area contributed by atoms with Crippen LogP contribution in [0.2, 0.25) is 0 Å². The summed E-state index contributed by atoms with van der Waals surface area (Å²) in [7, 11) is 0. The van der Waals surface area contributed by atoms with Gasteiger partial charge in [0.15, 0.2) is 0 Å². The van der Waals surface area contributed by atoms with E-state index in [9.17, 15) is 9.90 Å². The number of nitrogens with zero attached hydrogens (tertiary/aromatic N) is 3. The number of benzene rings is 1. The number of hydrogen-bond donors (Lipinski definition) is 2. The summed E-state index contributed by atoms with van der Waals surface area (Å²) >= 11 is 0. The Bertz CT molecular complexity index is 671. The van der Waals surface area contributed by atoms with Crippen LogP contribution in [-0.4, -0.2) is 45.0 Å². The summed E-state index contributed by atoms with van der Waals surface area (Å²) in [6.45, 7) is 4.32. The molecule has 128 valence electrons. The molecule has 2 unspecified atom stereocenters. The molecule has 1 fully saturated rings. The van der Waals surface area contributed by atoms with Crippen LogP contribution in [0.4, 0.5) is 4.79 Å². The van der Waals surface area contributed by atoms with Gasteiger partial charge in [-0.2, -0.15) is 5.10 Å². The Morgan fingerprint density at radius 2 is 2.21 bits per heavy atom. The van der Waals surface area contributed by atoms with Crippen molar-refractivity contribution in [3.05, 3.63) is 53.9 Å². The molecule has 6 heteroatoms. The number of hydrogen-bond acceptors (Lipinski definition) is 3. The van der Waals surface area contributed by atoms with E-state index < -0.39 is 6.10 Å². The maximum Gasteiger partial charge on any atom is 0.317 e. The van der Waals surface area contributed by atoms with Gasteiger partial charge in [-0.1, -0.05) is 31.2 Å². The highest BCUT2D eigenvalue weighted by molar-refractivity contribution is 5.74. The highest BCUT2D eigenvalue weighted by atomic mass is 16.3. The van der Waals surface area contributed by atoms with Crippen LogP contribution in [0, 0.1) is 5.92 Å². The predicted molar refractivity (Wildman–Crippen MR) is 91.4 cm³/mol. The average molecular weight is 328 g/mol. The lowest BCUT2D eigenvalue weighted by atomic mass is 9.96. The molecule has 2 amide bonds. The van der Waals surface area contributed by atoms with Crippen LogP contribution in [-0.2, 0) is 13.1 Å². The smallest absolute Gasteiger partial charge is 0.317 e. The van der Waals surface area contributed by atoms with Crippen molar-refractivity contribution in [3.8, 4) is 0 Å². The van der Waals surface area contributed by atoms with Gasteiger partial charge in [0.2, 0.25) is 0 Å². The topological polar surface area (TPSA) is 70.4 Å². The Kier molecular flexibility index (Phi) is 5.15. The molecule has 1 aliphatic rings. The molecule has 2 N–H and O–H groups in total. The minimum Gasteiger partial charge on any atom is -0.391 e. The fraction of sp³-hybridized carbons (Fsp3) is 0.444. The molecule has 24 heavy (non-hydrogen) atoms. The zero-order valence-electron chi connectivity index (χ0n) is 13.9. The minimum atomic E-state index is -0.429. The fourth-order valence-corrected chi connectivity index (χ4v) is 2.94. The van der Waals surface area contributed by atoms with Crippen LogP contribution < -0.4 is 5.32 Å². The minimum absolute atomic E-state index is 0.113. The number of β-amino-alcohol motifs (C(OH)–C–C–N with tert-alkyl or cyclic N) is 1. The molecular weight excluding hydrogens is 304 g/mol. The van der Waals surface area contributed by atoms with E-state index in [1.54, 1.807) is 11.1 Å². The molecule has 2 atom stereocenters. The predicted octanol–water partition coefficient (Wildman–Crippen LogP) is 1.84. The van der Waals surface area contributed by atoms with Gasteiger partial charge in [0.1, 0.15) is 0 Å². The summed E-state index contributed by atoms with van der Waals surface area (Å²) in [6, 6.07) is 9.91. The van der Waals surface area contributed by atoms with Crippen molar-refractivity contribution in [2.24, 2.45) is 5.92 Å². The molecule has 6 nitrogen and oxygen atoms in total. The summed E-state index contributed by atoms with van der Waals surface area (Å²) in [5.74, 6) is 0.257. The Balaban J connectivity index is 1.53. The zero-order chi connectivity index (χ0) is 16.9. The first-order valence-corrected chi connectivity index (χ1v) is 8.38. The number of likely N-dealkylation sites (tertiary alicyclic amines) is 1. The molecule has 0 aliphatic carbocycles. The number of carbonyl (C=O) groups is 1. The molecular formula is C18H24N4O2. The molecule has 1 aliphatic heterocycles. The van der Waals surface area contributed by atoms with E-state index in [0.717, 1.165) is 17.5 Å². The number of piperidine rings is 1. The van der Waals surface area contributed by atoms with Crippen molar-refractivity contribution in [1.82, 2.24) is 20.0 Å². The van der Waals surface area contributed by atoms with Gasteiger partial charge in [-0.25, -0.2) is 4.79 Å². The Labute approximate surface area is 142 Å². The van der Waals surface area contributed by atoms with Crippen molar-refractivity contribution in [1.29, 1.82) is 0 Å². The maximum atomic E-state index is 12.3. The number of amides is 2. The summed E-state index contributed by atoms with van der Waals surface area (Å²) in [6.07, 6.45) is 4.10. The number of aliphatic hydroxyl groups excluding tert-OH is 1. The largest absolute Gasteiger partial charge is 0.391 e. The van der Waals surface area contributed by atoms with E-state index in [4.69, 9.17) is 0 Å². The van der Waals surface area contributed by atoms with E-state index in [1.807, 2.05) is 36.0 Å². The number of carbonyl (C=O) groups excluding carboxylic acids is 1. The van der Waals surface area contributed by atoms with E-state index >= 15 is 0 Å². The van der Waals surface area contributed by atoms with Crippen LogP contribution >= 0.6 is 0 Å². The Morgan fingerprint density at radius 3 is 2.96 bits per heavy atom. The molecule has 0 saturated carbocycles. The van der Waals surface area contributed by atoms with Gasteiger partial charge in [0.25, 0.3) is 0 Å². The Hall–Kier alpha value is -2.34. The van der Waals surface area contributed by atoms with Crippen molar-refractivity contribution >= 4 is 6.03 Å². The quantitative estimate of drug-likeness (QED) is 0.900. The normalized spacial score (nSPS) is 20.8. The lowest BCUT2D eigenvalue weighted by Gasteiger charge is -2.34. The summed E-state index contributed by atoms with van der Waals surface area (Å²) in [5, 5.41) is 17.1. The monoisotopic (exact) mass is 328 g/mol. The summed E-state index contributed by atoms with van der Waals surface area (Å²) in [4.78, 5) is 13.9. The number of urea groups is 1. The summed E-state index contributed by atoms with van der Waals surface area (Å²) < 4.78 is 1.87. The number of aromatic nitrogens is 2. The fourth-order valence-electron chi connectivity index (χ4n) is 2.94. The highest BCUT2D eigenvalue weighted by Crippen LogP contribution is 2.17. The van der Waals surface area contributed by atoms with Crippen LogP contribution in [0.25, 0.3) is 0 Å². The van der Waals surface area contributed by atoms with Gasteiger partial charge in [-0.15, -0.1) is 0 Å². The van der Waals surface area contributed by atoms with Gasteiger partial charge in [-0.3, -0.25) is 4.68 Å². The number of nitrogens with one attached hydrogen (secondary N) is 1. The lowest BCUT2D eigenvalue weighted by molar-refractivity contribution is 0.0435. The average Bonchev–Trinajstić information content (AvgIpc) is 3.08. The van der Waals surface area contributed by atoms with Gasteiger partial charge in [0, 0.05) is 32.0 Å². The molecule has 2 aromatic rings. The number of rotatable bonds is 4. The van der Waals surface area contributed by atoms with Crippen molar-refractivity contribution in [3.63, 3.8) is 0 Å². The van der Waals surface area contributed by atoms with Crippen LogP contribution in [0.5, 0.6) is 0 Å². The third-order valence-electron chi connectivity index (χ3n) is 4.54. The van der Waals surface area contributed by atoms with Gasteiger partial charge < -0.3 is 15.3 Å². The molecule has 1 aromatic heterocycles. The summed E-state index contributed by atoms with van der Waals surface area (Å²) in [5.41, 5.74) is 2.20. The SMILES string of the molecule is CC1CCN(C(=O)NCc2cccc(Cn3cccn3)c2)CC1O. The maximum absolute atomic E-state index is 12.3. The van der Waals surface area contributed by atoms with E-state index in [2.05, 4.69) is 22.5 Å².